The number of hydrogen-bond donors (Lipinski definition) is 1. The van der Waals surface area contributed by atoms with Crippen molar-refractivity contribution in [2.75, 3.05) is 13.7 Å². The van der Waals surface area contributed by atoms with Crippen LogP contribution >= 0.6 is 6.19 Å². The number of nitrogens with zero attached hydrogens (tertiary/aromatic N) is 1. The average Bonchev–Trinajstić information content (AvgIpc) is 3.28. The third kappa shape index (κ3) is 4.51. The molecule has 1 fully saturated rings. The molecule has 0 spiro atoms. The fraction of sp³-hybridized carbons (Fsp3) is 0.391. The molecular formula is C23H29N2O3PS. The van der Waals surface area contributed by atoms with Crippen molar-refractivity contribution < 1.29 is 14.3 Å². The second-order valence-electron chi connectivity index (χ2n) is 7.82. The van der Waals surface area contributed by atoms with Crippen molar-refractivity contribution in [2.24, 2.45) is 5.92 Å². The maximum absolute atomic E-state index is 13.3. The van der Waals surface area contributed by atoms with E-state index in [1.54, 1.807) is 0 Å². The van der Waals surface area contributed by atoms with E-state index in [9.17, 15) is 9.59 Å². The van der Waals surface area contributed by atoms with E-state index in [0.717, 1.165) is 30.0 Å². The van der Waals surface area contributed by atoms with Gasteiger partial charge in [-0.2, -0.15) is 0 Å². The molecule has 1 heterocycles. The molecule has 30 heavy (non-hydrogen) atoms. The summed E-state index contributed by atoms with van der Waals surface area (Å²) in [7, 11) is 1.34. The second-order valence-corrected chi connectivity index (χ2v) is 12.1. The monoisotopic (exact) mass is 444 g/mol. The summed E-state index contributed by atoms with van der Waals surface area (Å²) in [6.07, 6.45) is -0.782. The van der Waals surface area contributed by atoms with E-state index in [1.165, 1.54) is 7.11 Å². The highest BCUT2D eigenvalue weighted by atomic mass is 32.4. The predicted molar refractivity (Wildman–Crippen MR) is 125 cm³/mol. The standard InChI is InChI=1S/C23H29N2O3PS/c1-17(2)21(23(27)28-3)24-22(26)20-15-10-16-25(20)29(30,18-11-6-4-7-12-18)19-13-8-5-9-14-19/h4-9,11-14,17,20-21H,10,15-16H2,1-3H3,(H,24,26)/t20-,21+/m0/s1. The molecule has 1 amide bonds. The van der Waals surface area contributed by atoms with Gasteiger partial charge in [0.1, 0.15) is 6.04 Å². The number of benzene rings is 2. The van der Waals surface area contributed by atoms with Crippen LogP contribution in [0.15, 0.2) is 60.7 Å². The Morgan fingerprint density at radius 2 is 1.60 bits per heavy atom. The van der Waals surface area contributed by atoms with Crippen molar-refractivity contribution >= 4 is 40.5 Å². The first-order valence-corrected chi connectivity index (χ1v) is 13.0. The van der Waals surface area contributed by atoms with E-state index in [-0.39, 0.29) is 17.9 Å². The summed E-state index contributed by atoms with van der Waals surface area (Å²) in [5, 5.41) is 5.07. The zero-order chi connectivity index (χ0) is 21.7. The van der Waals surface area contributed by atoms with Gasteiger partial charge in [0, 0.05) is 17.2 Å². The Morgan fingerprint density at radius 1 is 1.07 bits per heavy atom. The SMILES string of the molecule is COC(=O)[C@H](NC(=O)[C@@H]1CCCN1P(=S)(c1ccccc1)c1ccccc1)C(C)C. The highest BCUT2D eigenvalue weighted by molar-refractivity contribution is 8.20. The number of methoxy groups -OCH3 is 1. The predicted octanol–water partition coefficient (Wildman–Crippen LogP) is 2.81. The molecule has 0 unspecified atom stereocenters. The molecule has 1 aliphatic heterocycles. The van der Waals surface area contributed by atoms with Crippen molar-refractivity contribution in [3.63, 3.8) is 0 Å². The molecule has 3 rings (SSSR count). The van der Waals surface area contributed by atoms with Crippen LogP contribution in [0.25, 0.3) is 0 Å². The van der Waals surface area contributed by atoms with Gasteiger partial charge in [0.05, 0.1) is 19.3 Å². The number of carbonyl (C=O) groups is 2. The van der Waals surface area contributed by atoms with Crippen LogP contribution in [0.1, 0.15) is 26.7 Å². The summed E-state index contributed by atoms with van der Waals surface area (Å²) in [4.78, 5) is 25.5. The Hall–Kier alpha value is -2.01. The summed E-state index contributed by atoms with van der Waals surface area (Å²) in [6, 6.07) is 19.1. The highest BCUT2D eigenvalue weighted by Gasteiger charge is 2.42. The van der Waals surface area contributed by atoms with Crippen LogP contribution in [0.2, 0.25) is 0 Å². The molecule has 1 aliphatic rings. The van der Waals surface area contributed by atoms with Crippen LogP contribution < -0.4 is 15.9 Å². The normalized spacial score (nSPS) is 18.2. The molecule has 2 atom stereocenters. The van der Waals surface area contributed by atoms with E-state index in [0.29, 0.717) is 0 Å². The quantitative estimate of drug-likeness (QED) is 0.526. The smallest absolute Gasteiger partial charge is 0.328 e. The van der Waals surface area contributed by atoms with Gasteiger partial charge in [-0.05, 0) is 18.8 Å². The van der Waals surface area contributed by atoms with E-state index in [1.807, 2.05) is 50.2 Å². The first-order chi connectivity index (χ1) is 14.4. The fourth-order valence-electron chi connectivity index (χ4n) is 3.94. The first-order valence-electron chi connectivity index (χ1n) is 10.3. The minimum absolute atomic E-state index is 0.0671. The lowest BCUT2D eigenvalue weighted by Crippen LogP contribution is -2.52. The van der Waals surface area contributed by atoms with Crippen molar-refractivity contribution in [3.8, 4) is 0 Å². The number of rotatable bonds is 7. The molecule has 160 valence electrons. The van der Waals surface area contributed by atoms with Crippen LogP contribution in [0.3, 0.4) is 0 Å². The number of ether oxygens (including phenoxy) is 1. The Balaban J connectivity index is 1.97. The van der Waals surface area contributed by atoms with E-state index in [2.05, 4.69) is 34.3 Å². The van der Waals surface area contributed by atoms with Crippen LogP contribution in [0, 0.1) is 5.92 Å². The highest BCUT2D eigenvalue weighted by Crippen LogP contribution is 2.51. The minimum Gasteiger partial charge on any atom is -0.467 e. The lowest BCUT2D eigenvalue weighted by Gasteiger charge is -2.37. The van der Waals surface area contributed by atoms with Crippen molar-refractivity contribution in [1.82, 2.24) is 9.99 Å². The third-order valence-electron chi connectivity index (χ3n) is 5.52. The maximum Gasteiger partial charge on any atom is 0.328 e. The van der Waals surface area contributed by atoms with E-state index in [4.69, 9.17) is 16.5 Å². The van der Waals surface area contributed by atoms with Gasteiger partial charge in [-0.25, -0.2) is 4.79 Å². The molecule has 0 bridgehead atoms. The van der Waals surface area contributed by atoms with Crippen LogP contribution in [0.4, 0.5) is 0 Å². The van der Waals surface area contributed by atoms with Gasteiger partial charge in [-0.1, -0.05) is 86.3 Å². The maximum atomic E-state index is 13.3. The number of amides is 1. The molecule has 2 aromatic rings. The molecule has 7 heteroatoms. The molecule has 0 aliphatic carbocycles. The Morgan fingerprint density at radius 3 is 2.07 bits per heavy atom. The second kappa shape index (κ2) is 9.86. The summed E-state index contributed by atoms with van der Waals surface area (Å²) in [5.74, 6) is -0.645. The zero-order valence-corrected chi connectivity index (χ0v) is 19.4. The van der Waals surface area contributed by atoms with Gasteiger partial charge in [0.25, 0.3) is 0 Å². The largest absolute Gasteiger partial charge is 0.467 e. The molecule has 2 aromatic carbocycles. The van der Waals surface area contributed by atoms with Gasteiger partial charge in [0.2, 0.25) is 5.91 Å². The molecule has 0 radical (unpaired) electrons. The first kappa shape index (κ1) is 22.7. The number of hydrogen-bond acceptors (Lipinski definition) is 4. The Kier molecular flexibility index (Phi) is 7.45. The van der Waals surface area contributed by atoms with Crippen LogP contribution in [0.5, 0.6) is 0 Å². The Bertz CT molecular complexity index is 877. The van der Waals surface area contributed by atoms with Gasteiger partial charge < -0.3 is 10.1 Å². The number of carbonyl (C=O) groups excluding carboxylic acids is 2. The summed E-state index contributed by atoms with van der Waals surface area (Å²) in [5.41, 5.74) is 0. The minimum atomic E-state index is -2.39. The lowest BCUT2D eigenvalue weighted by molar-refractivity contribution is -0.146. The third-order valence-corrected chi connectivity index (χ3v) is 10.6. The topological polar surface area (TPSA) is 58.6 Å². The molecular weight excluding hydrogens is 415 g/mol. The summed E-state index contributed by atoms with van der Waals surface area (Å²) < 4.78 is 7.09. The number of nitrogens with one attached hydrogen (secondary N) is 1. The van der Waals surface area contributed by atoms with Crippen molar-refractivity contribution in [1.29, 1.82) is 0 Å². The van der Waals surface area contributed by atoms with Gasteiger partial charge >= 0.3 is 5.97 Å². The molecule has 0 aromatic heterocycles. The molecule has 5 nitrogen and oxygen atoms in total. The van der Waals surface area contributed by atoms with Crippen LogP contribution in [-0.2, 0) is 26.1 Å². The fourth-order valence-corrected chi connectivity index (χ4v) is 8.33. The van der Waals surface area contributed by atoms with Crippen molar-refractivity contribution in [3.05, 3.63) is 60.7 Å². The Labute approximate surface area is 183 Å². The van der Waals surface area contributed by atoms with E-state index >= 15 is 0 Å². The number of esters is 1. The van der Waals surface area contributed by atoms with Gasteiger partial charge in [0.15, 0.2) is 0 Å². The summed E-state index contributed by atoms with van der Waals surface area (Å²) in [6.45, 7) is 4.54. The average molecular weight is 445 g/mol. The van der Waals surface area contributed by atoms with Gasteiger partial charge in [-0.15, -0.1) is 0 Å². The zero-order valence-electron chi connectivity index (χ0n) is 17.7. The molecule has 0 saturated carbocycles. The summed E-state index contributed by atoms with van der Waals surface area (Å²) >= 11 is 6.40. The van der Waals surface area contributed by atoms with Gasteiger partial charge in [-0.3, -0.25) is 9.46 Å². The molecule has 1 saturated heterocycles. The van der Waals surface area contributed by atoms with Crippen molar-refractivity contribution in [2.45, 2.75) is 38.8 Å². The lowest BCUT2D eigenvalue weighted by atomic mass is 10.0. The molecule has 1 N–H and O–H groups in total. The van der Waals surface area contributed by atoms with E-state index < -0.39 is 18.2 Å². The van der Waals surface area contributed by atoms with Crippen LogP contribution in [-0.4, -0.2) is 42.3 Å².